The van der Waals surface area contributed by atoms with E-state index >= 15 is 0 Å². The molecule has 0 aromatic heterocycles. The second-order valence-electron chi connectivity index (χ2n) is 6.05. The second-order valence-corrected chi connectivity index (χ2v) is 6.05. The van der Waals surface area contributed by atoms with Gasteiger partial charge in [0.2, 0.25) is 0 Å². The highest BCUT2D eigenvalue weighted by atomic mass is 16.3. The van der Waals surface area contributed by atoms with E-state index in [2.05, 4.69) is 24.1 Å². The third-order valence-corrected chi connectivity index (χ3v) is 4.50. The lowest BCUT2D eigenvalue weighted by molar-refractivity contribution is 0.123. The zero-order chi connectivity index (χ0) is 13.4. The molecule has 1 rings (SSSR count). The Morgan fingerprint density at radius 3 is 2.78 bits per heavy atom. The minimum Gasteiger partial charge on any atom is -0.394 e. The van der Waals surface area contributed by atoms with Gasteiger partial charge in [-0.1, -0.05) is 19.8 Å². The number of likely N-dealkylation sites (tertiary alicyclic amines) is 1. The average Bonchev–Trinajstić information content (AvgIpc) is 2.41. The van der Waals surface area contributed by atoms with Crippen molar-refractivity contribution in [2.45, 2.75) is 70.4 Å². The molecular weight excluding hydrogens is 224 g/mol. The molecule has 1 saturated heterocycles. The van der Waals surface area contributed by atoms with Crippen molar-refractivity contribution in [3.63, 3.8) is 0 Å². The molecule has 1 aliphatic rings. The minimum absolute atomic E-state index is 0.101. The molecule has 0 bridgehead atoms. The molecule has 2 unspecified atom stereocenters. The van der Waals surface area contributed by atoms with Gasteiger partial charge in [-0.15, -0.1) is 0 Å². The van der Waals surface area contributed by atoms with Crippen molar-refractivity contribution in [2.75, 3.05) is 26.7 Å². The Morgan fingerprint density at radius 1 is 1.39 bits per heavy atom. The number of rotatable bonds is 8. The lowest BCUT2D eigenvalue weighted by Gasteiger charge is -2.36. The lowest BCUT2D eigenvalue weighted by atomic mass is 9.95. The maximum atomic E-state index is 9.38. The van der Waals surface area contributed by atoms with E-state index in [9.17, 15) is 5.11 Å². The predicted molar refractivity (Wildman–Crippen MR) is 77.9 cm³/mol. The predicted octanol–water partition coefficient (Wildman–Crippen LogP) is 2.39. The van der Waals surface area contributed by atoms with Gasteiger partial charge < -0.3 is 15.3 Å². The molecule has 2 atom stereocenters. The number of nitrogens with one attached hydrogen (secondary N) is 1. The van der Waals surface area contributed by atoms with Crippen LogP contribution in [0.3, 0.4) is 0 Å². The van der Waals surface area contributed by atoms with E-state index in [4.69, 9.17) is 0 Å². The molecule has 0 amide bonds. The highest BCUT2D eigenvalue weighted by Crippen LogP contribution is 2.22. The van der Waals surface area contributed by atoms with Gasteiger partial charge in [0, 0.05) is 11.6 Å². The van der Waals surface area contributed by atoms with Crippen molar-refractivity contribution in [1.82, 2.24) is 10.2 Å². The van der Waals surface area contributed by atoms with Crippen LogP contribution in [-0.4, -0.2) is 48.3 Å². The van der Waals surface area contributed by atoms with Crippen LogP contribution < -0.4 is 5.32 Å². The van der Waals surface area contributed by atoms with E-state index in [-0.39, 0.29) is 12.1 Å². The van der Waals surface area contributed by atoms with E-state index in [0.29, 0.717) is 0 Å². The van der Waals surface area contributed by atoms with Gasteiger partial charge in [-0.3, -0.25) is 0 Å². The van der Waals surface area contributed by atoms with E-state index in [1.54, 1.807) is 0 Å². The Balaban J connectivity index is 2.32. The minimum atomic E-state index is -0.101. The molecule has 3 nitrogen and oxygen atoms in total. The number of aliphatic hydroxyl groups is 1. The Kier molecular flexibility index (Phi) is 7.20. The first kappa shape index (κ1) is 15.9. The molecule has 1 heterocycles. The molecule has 0 aromatic carbocycles. The third-order valence-electron chi connectivity index (χ3n) is 4.50. The SMILES string of the molecule is CCCC1CCCCN1CCCC(C)(CO)NC. The molecule has 3 heteroatoms. The van der Waals surface area contributed by atoms with Crippen LogP contribution in [0.25, 0.3) is 0 Å². The Hall–Kier alpha value is -0.120. The molecule has 1 fully saturated rings. The van der Waals surface area contributed by atoms with Crippen LogP contribution in [0.5, 0.6) is 0 Å². The van der Waals surface area contributed by atoms with Crippen molar-refractivity contribution in [3.05, 3.63) is 0 Å². The first-order chi connectivity index (χ1) is 8.65. The molecule has 18 heavy (non-hydrogen) atoms. The standard InChI is InChI=1S/C15H32N2O/c1-4-8-14-9-5-6-11-17(14)12-7-10-15(2,13-18)16-3/h14,16,18H,4-13H2,1-3H3. The topological polar surface area (TPSA) is 35.5 Å². The zero-order valence-electron chi connectivity index (χ0n) is 12.5. The van der Waals surface area contributed by atoms with Crippen LogP contribution in [0.2, 0.25) is 0 Å². The summed E-state index contributed by atoms with van der Waals surface area (Å²) in [5.74, 6) is 0. The van der Waals surface area contributed by atoms with Gasteiger partial charge in [0.1, 0.15) is 0 Å². The van der Waals surface area contributed by atoms with E-state index in [1.165, 1.54) is 51.6 Å². The van der Waals surface area contributed by atoms with Gasteiger partial charge in [0.05, 0.1) is 6.61 Å². The normalized spacial score (nSPS) is 25.0. The Bertz CT molecular complexity index is 215. The maximum absolute atomic E-state index is 9.38. The van der Waals surface area contributed by atoms with Gasteiger partial charge in [-0.25, -0.2) is 0 Å². The first-order valence-corrected chi connectivity index (χ1v) is 7.69. The molecule has 0 spiro atoms. The van der Waals surface area contributed by atoms with Crippen LogP contribution in [0.15, 0.2) is 0 Å². The fourth-order valence-corrected chi connectivity index (χ4v) is 2.97. The summed E-state index contributed by atoms with van der Waals surface area (Å²) in [5, 5.41) is 12.6. The monoisotopic (exact) mass is 256 g/mol. The van der Waals surface area contributed by atoms with E-state index in [1.807, 2.05) is 7.05 Å². The van der Waals surface area contributed by atoms with E-state index < -0.39 is 0 Å². The van der Waals surface area contributed by atoms with Crippen LogP contribution in [0, 0.1) is 0 Å². The fourth-order valence-electron chi connectivity index (χ4n) is 2.97. The fraction of sp³-hybridized carbons (Fsp3) is 1.00. The van der Waals surface area contributed by atoms with Crippen molar-refractivity contribution >= 4 is 0 Å². The molecule has 1 aliphatic heterocycles. The van der Waals surface area contributed by atoms with Gasteiger partial charge in [0.25, 0.3) is 0 Å². The highest BCUT2D eigenvalue weighted by Gasteiger charge is 2.24. The summed E-state index contributed by atoms with van der Waals surface area (Å²) in [6.07, 6.45) is 9.04. The average molecular weight is 256 g/mol. The van der Waals surface area contributed by atoms with Gasteiger partial charge in [-0.2, -0.15) is 0 Å². The summed E-state index contributed by atoms with van der Waals surface area (Å²) in [4.78, 5) is 2.68. The Morgan fingerprint density at radius 2 is 2.17 bits per heavy atom. The molecule has 2 N–H and O–H groups in total. The molecule has 0 aliphatic carbocycles. The Labute approximate surface area is 113 Å². The van der Waals surface area contributed by atoms with Gasteiger partial charge >= 0.3 is 0 Å². The van der Waals surface area contributed by atoms with Crippen LogP contribution in [-0.2, 0) is 0 Å². The van der Waals surface area contributed by atoms with Crippen LogP contribution >= 0.6 is 0 Å². The second kappa shape index (κ2) is 8.13. The van der Waals surface area contributed by atoms with Gasteiger partial charge in [-0.05, 0) is 59.2 Å². The smallest absolute Gasteiger partial charge is 0.0610 e. The van der Waals surface area contributed by atoms with Crippen molar-refractivity contribution in [1.29, 1.82) is 0 Å². The summed E-state index contributed by atoms with van der Waals surface area (Å²) < 4.78 is 0. The molecule has 0 aromatic rings. The zero-order valence-corrected chi connectivity index (χ0v) is 12.5. The summed E-state index contributed by atoms with van der Waals surface area (Å²) in [6.45, 7) is 7.09. The largest absolute Gasteiger partial charge is 0.394 e. The number of aliphatic hydroxyl groups excluding tert-OH is 1. The quantitative estimate of drug-likeness (QED) is 0.700. The van der Waals surface area contributed by atoms with Crippen LogP contribution in [0.4, 0.5) is 0 Å². The van der Waals surface area contributed by atoms with E-state index in [0.717, 1.165) is 12.5 Å². The maximum Gasteiger partial charge on any atom is 0.0610 e. The third kappa shape index (κ3) is 4.87. The first-order valence-electron chi connectivity index (χ1n) is 7.69. The van der Waals surface area contributed by atoms with Crippen molar-refractivity contribution in [3.8, 4) is 0 Å². The van der Waals surface area contributed by atoms with Gasteiger partial charge in [0.15, 0.2) is 0 Å². The summed E-state index contributed by atoms with van der Waals surface area (Å²) in [6, 6.07) is 0.818. The number of hydrogen-bond donors (Lipinski definition) is 2. The molecule has 0 saturated carbocycles. The number of piperidine rings is 1. The summed E-state index contributed by atoms with van der Waals surface area (Å²) in [7, 11) is 1.94. The lowest BCUT2D eigenvalue weighted by Crippen LogP contribution is -2.45. The summed E-state index contributed by atoms with van der Waals surface area (Å²) in [5.41, 5.74) is -0.101. The number of hydrogen-bond acceptors (Lipinski definition) is 3. The summed E-state index contributed by atoms with van der Waals surface area (Å²) >= 11 is 0. The highest BCUT2D eigenvalue weighted by molar-refractivity contribution is 4.82. The van der Waals surface area contributed by atoms with Crippen molar-refractivity contribution in [2.24, 2.45) is 0 Å². The molecule has 0 radical (unpaired) electrons. The molecule has 108 valence electrons. The van der Waals surface area contributed by atoms with Crippen LogP contribution in [0.1, 0.15) is 58.8 Å². The number of nitrogens with zero attached hydrogens (tertiary/aromatic N) is 1. The number of likely N-dealkylation sites (N-methyl/N-ethyl adjacent to an activating group) is 1. The molecular formula is C15H32N2O. The van der Waals surface area contributed by atoms with Crippen molar-refractivity contribution < 1.29 is 5.11 Å².